The van der Waals surface area contributed by atoms with Crippen molar-refractivity contribution in [2.24, 2.45) is 0 Å². The number of non-ortho nitro benzene ring substituents is 1. The number of ether oxygens (including phenoxy) is 1. The third-order valence-electron chi connectivity index (χ3n) is 5.15. The van der Waals surface area contributed by atoms with Gasteiger partial charge in [-0.1, -0.05) is 6.07 Å². The zero-order chi connectivity index (χ0) is 24.2. The van der Waals surface area contributed by atoms with Crippen LogP contribution in [0.5, 0.6) is 5.75 Å². The Labute approximate surface area is 198 Å². The van der Waals surface area contributed by atoms with Crippen LogP contribution in [0.3, 0.4) is 0 Å². The van der Waals surface area contributed by atoms with E-state index in [2.05, 4.69) is 5.32 Å². The highest BCUT2D eigenvalue weighted by Crippen LogP contribution is 2.35. The van der Waals surface area contributed by atoms with Crippen LogP contribution in [0.1, 0.15) is 16.8 Å². The maximum Gasteiger partial charge on any atom is 0.269 e. The lowest BCUT2D eigenvalue weighted by molar-refractivity contribution is -0.384. The number of nitro benzene ring substituents is 1. The van der Waals surface area contributed by atoms with E-state index in [1.54, 1.807) is 48.5 Å². The van der Waals surface area contributed by atoms with Crippen LogP contribution in [0.4, 0.5) is 17.1 Å². The Kier molecular flexibility index (Phi) is 6.60. The largest absolute Gasteiger partial charge is 0.497 e. The summed E-state index contributed by atoms with van der Waals surface area (Å²) in [7, 11) is 1.53. The second kappa shape index (κ2) is 9.75. The number of nitrogens with one attached hydrogen (secondary N) is 1. The molecule has 1 unspecified atom stereocenters. The second-order valence-corrected chi connectivity index (χ2v) is 8.64. The predicted octanol–water partition coefficient (Wildman–Crippen LogP) is 4.28. The number of methoxy groups -OCH3 is 1. The molecule has 1 heterocycles. The average molecular weight is 477 g/mol. The summed E-state index contributed by atoms with van der Waals surface area (Å²) in [5, 5.41) is 13.0. The van der Waals surface area contributed by atoms with Gasteiger partial charge in [0.1, 0.15) is 5.75 Å². The van der Waals surface area contributed by atoms with Crippen LogP contribution in [-0.4, -0.2) is 35.0 Å². The van der Waals surface area contributed by atoms with Gasteiger partial charge in [0.05, 0.1) is 23.0 Å². The van der Waals surface area contributed by atoms with E-state index in [0.29, 0.717) is 22.7 Å². The van der Waals surface area contributed by atoms with Gasteiger partial charge in [-0.2, -0.15) is 0 Å². The highest BCUT2D eigenvalue weighted by atomic mass is 32.2. The fourth-order valence-electron chi connectivity index (χ4n) is 3.44. The van der Waals surface area contributed by atoms with Crippen LogP contribution in [0.2, 0.25) is 0 Å². The first-order valence-corrected chi connectivity index (χ1v) is 11.1. The summed E-state index contributed by atoms with van der Waals surface area (Å²) in [4.78, 5) is 49.9. The molecule has 10 heteroatoms. The van der Waals surface area contributed by atoms with Gasteiger partial charge in [0.15, 0.2) is 0 Å². The second-order valence-electron chi connectivity index (χ2n) is 7.36. The molecular formula is C24H19N3O6S. The Hall–Kier alpha value is -4.18. The molecule has 1 aliphatic heterocycles. The monoisotopic (exact) mass is 477 g/mol. The van der Waals surface area contributed by atoms with Gasteiger partial charge in [-0.3, -0.25) is 24.5 Å². The van der Waals surface area contributed by atoms with E-state index in [4.69, 9.17) is 4.74 Å². The predicted molar refractivity (Wildman–Crippen MR) is 127 cm³/mol. The van der Waals surface area contributed by atoms with E-state index in [1.165, 1.54) is 43.1 Å². The summed E-state index contributed by atoms with van der Waals surface area (Å²) in [5.74, 6) is -0.440. The minimum Gasteiger partial charge on any atom is -0.497 e. The van der Waals surface area contributed by atoms with Crippen LogP contribution < -0.4 is 15.0 Å². The molecule has 1 aliphatic rings. The standard InChI is InChI=1S/C24H19N3O6S/c1-33-19-4-2-3-15(13-19)23(29)25-16-5-11-20(12-6-16)34-21-14-22(28)26(24(21)30)17-7-9-18(10-8-17)27(31)32/h2-13,21H,14H2,1H3,(H,25,29). The van der Waals surface area contributed by atoms with Crippen molar-refractivity contribution < 1.29 is 24.0 Å². The van der Waals surface area contributed by atoms with Gasteiger partial charge in [0, 0.05) is 34.7 Å². The van der Waals surface area contributed by atoms with Gasteiger partial charge < -0.3 is 10.1 Å². The third kappa shape index (κ3) is 4.91. The van der Waals surface area contributed by atoms with Gasteiger partial charge in [0.25, 0.3) is 11.6 Å². The number of carbonyl (C=O) groups excluding carboxylic acids is 3. The minimum absolute atomic E-state index is 0.0226. The highest BCUT2D eigenvalue weighted by molar-refractivity contribution is 8.00. The van der Waals surface area contributed by atoms with Crippen molar-refractivity contribution in [2.45, 2.75) is 16.6 Å². The number of thioether (sulfide) groups is 1. The first-order valence-electron chi connectivity index (χ1n) is 10.2. The maximum atomic E-state index is 12.8. The molecule has 34 heavy (non-hydrogen) atoms. The summed E-state index contributed by atoms with van der Waals surface area (Å²) < 4.78 is 5.14. The van der Waals surface area contributed by atoms with Crippen LogP contribution in [-0.2, 0) is 9.59 Å². The first-order chi connectivity index (χ1) is 16.4. The zero-order valence-electron chi connectivity index (χ0n) is 18.0. The Bertz CT molecular complexity index is 1260. The Morgan fingerprint density at radius 1 is 1.09 bits per heavy atom. The molecule has 1 saturated heterocycles. The minimum atomic E-state index is -0.611. The van der Waals surface area contributed by atoms with Crippen LogP contribution in [0.15, 0.2) is 77.7 Å². The molecule has 4 rings (SSSR count). The average Bonchev–Trinajstić information content (AvgIpc) is 3.12. The maximum absolute atomic E-state index is 12.8. The lowest BCUT2D eigenvalue weighted by Gasteiger charge is -2.14. The summed E-state index contributed by atoms with van der Waals surface area (Å²) in [5.41, 5.74) is 1.23. The quantitative estimate of drug-likeness (QED) is 0.306. The molecule has 0 bridgehead atoms. The molecule has 0 aliphatic carbocycles. The zero-order valence-corrected chi connectivity index (χ0v) is 18.8. The van der Waals surface area contributed by atoms with Crippen LogP contribution in [0, 0.1) is 10.1 Å². The van der Waals surface area contributed by atoms with Crippen molar-refractivity contribution in [3.05, 3.63) is 88.5 Å². The normalized spacial score (nSPS) is 15.3. The molecule has 9 nitrogen and oxygen atoms in total. The van der Waals surface area contributed by atoms with Crippen molar-refractivity contribution in [2.75, 3.05) is 17.3 Å². The van der Waals surface area contributed by atoms with E-state index < -0.39 is 10.2 Å². The highest BCUT2D eigenvalue weighted by Gasteiger charge is 2.40. The Balaban J connectivity index is 1.40. The first kappa shape index (κ1) is 23.0. The molecule has 172 valence electrons. The molecule has 0 saturated carbocycles. The SMILES string of the molecule is COc1cccc(C(=O)Nc2ccc(SC3CC(=O)N(c4ccc([N+](=O)[O-])cc4)C3=O)cc2)c1. The number of anilines is 2. The van der Waals surface area contributed by atoms with Crippen molar-refractivity contribution in [3.8, 4) is 5.75 Å². The lowest BCUT2D eigenvalue weighted by Crippen LogP contribution is -2.31. The summed E-state index contributed by atoms with van der Waals surface area (Å²) in [6, 6.07) is 19.1. The van der Waals surface area contributed by atoms with E-state index in [9.17, 15) is 24.5 Å². The molecule has 0 aromatic heterocycles. The number of hydrogen-bond donors (Lipinski definition) is 1. The summed E-state index contributed by atoms with van der Waals surface area (Å²) in [6.45, 7) is 0. The molecule has 3 aromatic carbocycles. The van der Waals surface area contributed by atoms with Crippen molar-refractivity contribution in [1.29, 1.82) is 0 Å². The topological polar surface area (TPSA) is 119 Å². The molecule has 1 N–H and O–H groups in total. The molecular weight excluding hydrogens is 458 g/mol. The molecule has 0 spiro atoms. The molecule has 1 atom stereocenters. The number of nitro groups is 1. The van der Waals surface area contributed by atoms with Crippen LogP contribution >= 0.6 is 11.8 Å². The lowest BCUT2D eigenvalue weighted by atomic mass is 10.2. The number of imide groups is 1. The van der Waals surface area contributed by atoms with Crippen molar-refractivity contribution in [1.82, 2.24) is 0 Å². The Morgan fingerprint density at radius 2 is 1.79 bits per heavy atom. The smallest absolute Gasteiger partial charge is 0.269 e. The number of carbonyl (C=O) groups is 3. The van der Waals surface area contributed by atoms with Gasteiger partial charge in [-0.05, 0) is 54.6 Å². The van der Waals surface area contributed by atoms with Crippen molar-refractivity contribution >= 4 is 46.5 Å². The van der Waals surface area contributed by atoms with E-state index in [0.717, 1.165) is 9.80 Å². The molecule has 1 fully saturated rings. The fraction of sp³-hybridized carbons (Fsp3) is 0.125. The summed E-state index contributed by atoms with van der Waals surface area (Å²) >= 11 is 1.25. The number of nitrogens with zero attached hydrogens (tertiary/aromatic N) is 2. The summed E-state index contributed by atoms with van der Waals surface area (Å²) in [6.07, 6.45) is 0.0226. The van der Waals surface area contributed by atoms with Gasteiger partial charge >= 0.3 is 0 Å². The third-order valence-corrected chi connectivity index (χ3v) is 6.34. The number of rotatable bonds is 7. The fourth-order valence-corrected chi connectivity index (χ4v) is 4.49. The van der Waals surface area contributed by atoms with E-state index >= 15 is 0 Å². The van der Waals surface area contributed by atoms with E-state index in [1.807, 2.05) is 0 Å². The van der Waals surface area contributed by atoms with E-state index in [-0.39, 0.29) is 29.8 Å². The molecule has 3 aromatic rings. The Morgan fingerprint density at radius 3 is 2.44 bits per heavy atom. The number of amides is 3. The number of hydrogen-bond acceptors (Lipinski definition) is 7. The van der Waals surface area contributed by atoms with Gasteiger partial charge in [-0.15, -0.1) is 11.8 Å². The van der Waals surface area contributed by atoms with Gasteiger partial charge in [0.2, 0.25) is 11.8 Å². The van der Waals surface area contributed by atoms with Crippen molar-refractivity contribution in [3.63, 3.8) is 0 Å². The molecule has 3 amide bonds. The van der Waals surface area contributed by atoms with Gasteiger partial charge in [-0.25, -0.2) is 4.90 Å². The molecule has 0 radical (unpaired) electrons. The number of benzene rings is 3. The van der Waals surface area contributed by atoms with Crippen LogP contribution in [0.25, 0.3) is 0 Å².